The van der Waals surface area contributed by atoms with Crippen molar-refractivity contribution in [1.29, 1.82) is 0 Å². The van der Waals surface area contributed by atoms with Crippen molar-refractivity contribution in [2.45, 2.75) is 38.6 Å². The van der Waals surface area contributed by atoms with Gasteiger partial charge >= 0.3 is 5.97 Å². The third-order valence-corrected chi connectivity index (χ3v) is 4.62. The van der Waals surface area contributed by atoms with Crippen LogP contribution in [-0.4, -0.2) is 34.6 Å². The van der Waals surface area contributed by atoms with Gasteiger partial charge in [-0.1, -0.05) is 19.9 Å². The van der Waals surface area contributed by atoms with Crippen molar-refractivity contribution < 1.29 is 19.4 Å². The lowest BCUT2D eigenvalue weighted by Gasteiger charge is -2.31. The van der Waals surface area contributed by atoms with Crippen molar-refractivity contribution in [3.05, 3.63) is 48.2 Å². The molecular weight excluding hydrogens is 332 g/mol. The van der Waals surface area contributed by atoms with Crippen molar-refractivity contribution in [2.24, 2.45) is 0 Å². The number of carboxylic acids is 1. The van der Waals surface area contributed by atoms with Crippen molar-refractivity contribution in [1.82, 2.24) is 10.3 Å². The molecular formula is C20H24N2O4. The normalized spacial score (nSPS) is 11.0. The minimum absolute atomic E-state index is 0.116. The van der Waals surface area contributed by atoms with Crippen LogP contribution in [0.4, 0.5) is 0 Å². The first kappa shape index (κ1) is 19.4. The van der Waals surface area contributed by atoms with E-state index in [2.05, 4.69) is 10.3 Å². The Morgan fingerprint density at radius 1 is 1.19 bits per heavy atom. The smallest absolute Gasteiger partial charge is 0.305 e. The van der Waals surface area contributed by atoms with Gasteiger partial charge in [-0.15, -0.1) is 0 Å². The molecule has 0 aliphatic rings. The molecule has 0 spiro atoms. The Morgan fingerprint density at radius 2 is 1.92 bits per heavy atom. The predicted molar refractivity (Wildman–Crippen MR) is 99.3 cm³/mol. The van der Waals surface area contributed by atoms with Crippen LogP contribution in [0.3, 0.4) is 0 Å². The first-order valence-electron chi connectivity index (χ1n) is 8.58. The van der Waals surface area contributed by atoms with Gasteiger partial charge in [0.2, 0.25) is 0 Å². The molecule has 138 valence electrons. The van der Waals surface area contributed by atoms with Gasteiger partial charge in [0.15, 0.2) is 0 Å². The highest BCUT2D eigenvalue weighted by molar-refractivity contribution is 5.96. The monoisotopic (exact) mass is 356 g/mol. The highest BCUT2D eigenvalue weighted by atomic mass is 16.5. The number of nitrogens with one attached hydrogen (secondary N) is 1. The Labute approximate surface area is 153 Å². The van der Waals surface area contributed by atoms with Crippen LogP contribution in [-0.2, 0) is 4.79 Å². The zero-order valence-corrected chi connectivity index (χ0v) is 15.3. The van der Waals surface area contributed by atoms with Gasteiger partial charge in [-0.05, 0) is 43.2 Å². The zero-order chi connectivity index (χ0) is 19.2. The van der Waals surface area contributed by atoms with E-state index in [-0.39, 0.29) is 12.3 Å². The standard InChI is InChI=1S/C20H24N2O4/c1-4-20(5-2,13-18(23)24)22-19(25)14-9-10-17(26-3)15(12-14)16-8-6-7-11-21-16/h6-12H,4-5,13H2,1-3H3,(H,22,25)(H,23,24). The number of hydrogen-bond acceptors (Lipinski definition) is 4. The van der Waals surface area contributed by atoms with Crippen molar-refractivity contribution in [2.75, 3.05) is 7.11 Å². The Balaban J connectivity index is 2.36. The first-order valence-corrected chi connectivity index (χ1v) is 8.58. The summed E-state index contributed by atoms with van der Waals surface area (Å²) in [6, 6.07) is 10.6. The fourth-order valence-corrected chi connectivity index (χ4v) is 2.89. The molecule has 0 aliphatic carbocycles. The number of carbonyl (C=O) groups excluding carboxylic acids is 1. The summed E-state index contributed by atoms with van der Waals surface area (Å²) >= 11 is 0. The molecule has 0 atom stereocenters. The number of carbonyl (C=O) groups is 2. The lowest BCUT2D eigenvalue weighted by atomic mass is 9.88. The van der Waals surface area contributed by atoms with Gasteiger partial charge in [0.05, 0.1) is 24.8 Å². The molecule has 0 aliphatic heterocycles. The average Bonchev–Trinajstić information content (AvgIpc) is 2.67. The quantitative estimate of drug-likeness (QED) is 0.755. The highest BCUT2D eigenvalue weighted by Crippen LogP contribution is 2.30. The number of pyridine rings is 1. The highest BCUT2D eigenvalue weighted by Gasteiger charge is 2.31. The average molecular weight is 356 g/mol. The second-order valence-corrected chi connectivity index (χ2v) is 6.14. The molecule has 1 heterocycles. The second-order valence-electron chi connectivity index (χ2n) is 6.14. The Kier molecular flexibility index (Phi) is 6.33. The number of benzene rings is 1. The van der Waals surface area contributed by atoms with Crippen molar-refractivity contribution in [3.8, 4) is 17.0 Å². The van der Waals surface area contributed by atoms with Gasteiger partial charge in [0, 0.05) is 17.3 Å². The van der Waals surface area contributed by atoms with Crippen LogP contribution in [0.1, 0.15) is 43.5 Å². The van der Waals surface area contributed by atoms with Gasteiger partial charge in [0.25, 0.3) is 5.91 Å². The fraction of sp³-hybridized carbons (Fsp3) is 0.350. The minimum Gasteiger partial charge on any atom is -0.496 e. The molecule has 1 aromatic heterocycles. The number of aliphatic carboxylic acids is 1. The SMILES string of the molecule is CCC(CC)(CC(=O)O)NC(=O)c1ccc(OC)c(-c2ccccn2)c1. The van der Waals surface area contributed by atoms with E-state index in [9.17, 15) is 14.7 Å². The van der Waals surface area contributed by atoms with Gasteiger partial charge in [-0.3, -0.25) is 14.6 Å². The largest absolute Gasteiger partial charge is 0.496 e. The summed E-state index contributed by atoms with van der Waals surface area (Å²) in [5, 5.41) is 12.1. The van der Waals surface area contributed by atoms with E-state index in [0.717, 1.165) is 0 Å². The summed E-state index contributed by atoms with van der Waals surface area (Å²) in [7, 11) is 1.56. The number of ether oxygens (including phenoxy) is 1. The van der Waals surface area contributed by atoms with E-state index in [1.165, 1.54) is 0 Å². The minimum atomic E-state index is -0.932. The Hall–Kier alpha value is -2.89. The van der Waals surface area contributed by atoms with Gasteiger partial charge in [0.1, 0.15) is 5.75 Å². The molecule has 0 fully saturated rings. The third kappa shape index (κ3) is 4.39. The van der Waals surface area contributed by atoms with Crippen LogP contribution < -0.4 is 10.1 Å². The van der Waals surface area contributed by atoms with Gasteiger partial charge < -0.3 is 15.2 Å². The molecule has 1 aromatic carbocycles. The van der Waals surface area contributed by atoms with Crippen LogP contribution in [0.2, 0.25) is 0 Å². The van der Waals surface area contributed by atoms with E-state index >= 15 is 0 Å². The summed E-state index contributed by atoms with van der Waals surface area (Å²) in [5.41, 5.74) is 1.07. The number of methoxy groups -OCH3 is 1. The summed E-state index contributed by atoms with van der Waals surface area (Å²) in [5.74, 6) is -0.629. The van der Waals surface area contributed by atoms with Crippen molar-refractivity contribution >= 4 is 11.9 Å². The molecule has 0 saturated heterocycles. The maximum Gasteiger partial charge on any atom is 0.305 e. The maximum atomic E-state index is 12.8. The zero-order valence-electron chi connectivity index (χ0n) is 15.3. The molecule has 6 heteroatoms. The van der Waals surface area contributed by atoms with Crippen LogP contribution >= 0.6 is 0 Å². The summed E-state index contributed by atoms with van der Waals surface area (Å²) in [4.78, 5) is 28.3. The summed E-state index contributed by atoms with van der Waals surface area (Å²) in [6.07, 6.45) is 2.62. The molecule has 2 rings (SSSR count). The number of aromatic nitrogens is 1. The Bertz CT molecular complexity index is 771. The van der Waals surface area contributed by atoms with Crippen LogP contribution in [0, 0.1) is 0 Å². The van der Waals surface area contributed by atoms with Crippen LogP contribution in [0.25, 0.3) is 11.3 Å². The number of hydrogen-bond donors (Lipinski definition) is 2. The van der Waals surface area contributed by atoms with E-state index in [1.54, 1.807) is 31.5 Å². The molecule has 0 saturated carbocycles. The molecule has 26 heavy (non-hydrogen) atoms. The van der Waals surface area contributed by atoms with E-state index in [4.69, 9.17) is 4.74 Å². The third-order valence-electron chi connectivity index (χ3n) is 4.62. The van der Waals surface area contributed by atoms with E-state index in [0.29, 0.717) is 35.4 Å². The molecule has 2 N–H and O–H groups in total. The van der Waals surface area contributed by atoms with Crippen LogP contribution in [0.5, 0.6) is 5.75 Å². The molecule has 2 aromatic rings. The number of carboxylic acid groups (broad SMARTS) is 1. The van der Waals surface area contributed by atoms with Crippen LogP contribution in [0.15, 0.2) is 42.6 Å². The lowest BCUT2D eigenvalue weighted by Crippen LogP contribution is -2.49. The van der Waals surface area contributed by atoms with E-state index in [1.807, 2.05) is 32.0 Å². The molecule has 6 nitrogen and oxygen atoms in total. The topological polar surface area (TPSA) is 88.5 Å². The lowest BCUT2D eigenvalue weighted by molar-refractivity contribution is -0.138. The number of rotatable bonds is 8. The Morgan fingerprint density at radius 3 is 2.46 bits per heavy atom. The maximum absolute atomic E-state index is 12.8. The second kappa shape index (κ2) is 8.47. The summed E-state index contributed by atoms with van der Waals surface area (Å²) < 4.78 is 5.38. The van der Waals surface area contributed by atoms with Gasteiger partial charge in [-0.2, -0.15) is 0 Å². The first-order chi connectivity index (χ1) is 12.4. The number of amides is 1. The predicted octanol–water partition coefficient (Wildman–Crippen LogP) is 3.52. The van der Waals surface area contributed by atoms with Crippen molar-refractivity contribution in [3.63, 3.8) is 0 Å². The molecule has 1 amide bonds. The van der Waals surface area contributed by atoms with E-state index < -0.39 is 11.5 Å². The molecule has 0 radical (unpaired) electrons. The molecule has 0 bridgehead atoms. The number of nitrogens with zero attached hydrogens (tertiary/aromatic N) is 1. The fourth-order valence-electron chi connectivity index (χ4n) is 2.89. The van der Waals surface area contributed by atoms with Gasteiger partial charge in [-0.25, -0.2) is 0 Å². The summed E-state index contributed by atoms with van der Waals surface area (Å²) in [6.45, 7) is 3.75. The molecule has 0 unspecified atom stereocenters.